The molecule has 25 heavy (non-hydrogen) atoms. The molecule has 2 heterocycles. The highest BCUT2D eigenvalue weighted by Gasteiger charge is 2.35. The highest BCUT2D eigenvalue weighted by Crippen LogP contribution is 2.31. The van der Waals surface area contributed by atoms with Gasteiger partial charge in [-0.05, 0) is 31.4 Å². The first-order valence-corrected chi connectivity index (χ1v) is 9.15. The lowest BCUT2D eigenvalue weighted by Gasteiger charge is -2.35. The molecule has 5 nitrogen and oxygen atoms in total. The lowest BCUT2D eigenvalue weighted by Crippen LogP contribution is -2.51. The lowest BCUT2D eigenvalue weighted by atomic mass is 10.1. The number of hydrogen-bond donors (Lipinski definition) is 0. The van der Waals surface area contributed by atoms with Crippen molar-refractivity contribution in [3.8, 4) is 0 Å². The molecule has 0 N–H and O–H groups in total. The van der Waals surface area contributed by atoms with Crippen LogP contribution < -0.4 is 0 Å². The highest BCUT2D eigenvalue weighted by molar-refractivity contribution is 5.91. The molecule has 1 saturated carbocycles. The molecule has 1 aliphatic carbocycles. The second-order valence-electron chi connectivity index (χ2n) is 7.30. The van der Waals surface area contributed by atoms with Crippen molar-refractivity contribution in [1.29, 1.82) is 0 Å². The maximum absolute atomic E-state index is 12.8. The van der Waals surface area contributed by atoms with Gasteiger partial charge in [-0.25, -0.2) is 0 Å². The van der Waals surface area contributed by atoms with Crippen molar-refractivity contribution in [1.82, 2.24) is 14.4 Å². The minimum atomic E-state index is 0.165. The van der Waals surface area contributed by atoms with Crippen LogP contribution in [0.3, 0.4) is 0 Å². The van der Waals surface area contributed by atoms with Crippen molar-refractivity contribution in [3.05, 3.63) is 35.5 Å². The monoisotopic (exact) mass is 339 g/mol. The molecule has 1 aliphatic heterocycles. The average molecular weight is 339 g/mol. The smallest absolute Gasteiger partial charge is 0.227 e. The summed E-state index contributed by atoms with van der Waals surface area (Å²) in [5.74, 6) is 0.718. The van der Waals surface area contributed by atoms with Gasteiger partial charge in [0.1, 0.15) is 0 Å². The average Bonchev–Trinajstić information content (AvgIpc) is 3.46. The summed E-state index contributed by atoms with van der Waals surface area (Å²) >= 11 is 0. The van der Waals surface area contributed by atoms with Gasteiger partial charge < -0.3 is 14.4 Å². The van der Waals surface area contributed by atoms with E-state index in [-0.39, 0.29) is 17.7 Å². The number of rotatable bonds is 3. The molecule has 0 unspecified atom stereocenters. The van der Waals surface area contributed by atoms with Crippen molar-refractivity contribution >= 4 is 22.7 Å². The normalized spacial score (nSPS) is 18.0. The third kappa shape index (κ3) is 2.92. The number of amides is 2. The predicted molar refractivity (Wildman–Crippen MR) is 97.2 cm³/mol. The fourth-order valence-electron chi connectivity index (χ4n) is 3.85. The van der Waals surface area contributed by atoms with Crippen LogP contribution in [0.25, 0.3) is 10.9 Å². The van der Waals surface area contributed by atoms with E-state index in [1.807, 2.05) is 29.0 Å². The summed E-state index contributed by atoms with van der Waals surface area (Å²) in [6.07, 6.45) is 2.51. The molecule has 4 rings (SSSR count). The van der Waals surface area contributed by atoms with Gasteiger partial charge >= 0.3 is 0 Å². The summed E-state index contributed by atoms with van der Waals surface area (Å²) in [7, 11) is 2.05. The van der Waals surface area contributed by atoms with E-state index in [1.165, 1.54) is 10.9 Å². The Bertz CT molecular complexity index is 827. The lowest BCUT2D eigenvalue weighted by molar-refractivity contribution is -0.139. The molecular formula is C20H25N3O2. The zero-order valence-electron chi connectivity index (χ0n) is 15.0. The fraction of sp³-hybridized carbons (Fsp3) is 0.500. The van der Waals surface area contributed by atoms with Gasteiger partial charge in [0.25, 0.3) is 0 Å². The van der Waals surface area contributed by atoms with Gasteiger partial charge in [-0.3, -0.25) is 9.59 Å². The number of carbonyl (C=O) groups is 2. The van der Waals surface area contributed by atoms with E-state index < -0.39 is 0 Å². The molecule has 2 aromatic rings. The first kappa shape index (κ1) is 16.2. The van der Waals surface area contributed by atoms with Crippen molar-refractivity contribution in [2.24, 2.45) is 13.0 Å². The van der Waals surface area contributed by atoms with Crippen LogP contribution in [0, 0.1) is 12.8 Å². The number of aromatic nitrogens is 1. The number of fused-ring (bicyclic) bond motifs is 1. The van der Waals surface area contributed by atoms with Gasteiger partial charge in [-0.1, -0.05) is 18.2 Å². The largest absolute Gasteiger partial charge is 0.348 e. The molecule has 1 aromatic carbocycles. The van der Waals surface area contributed by atoms with E-state index in [4.69, 9.17) is 0 Å². The van der Waals surface area contributed by atoms with E-state index in [2.05, 4.69) is 23.6 Å². The summed E-state index contributed by atoms with van der Waals surface area (Å²) < 4.78 is 2.16. The molecule has 132 valence electrons. The maximum Gasteiger partial charge on any atom is 0.227 e. The molecule has 1 saturated heterocycles. The van der Waals surface area contributed by atoms with Gasteiger partial charge in [0.15, 0.2) is 0 Å². The van der Waals surface area contributed by atoms with Gasteiger partial charge in [-0.2, -0.15) is 0 Å². The van der Waals surface area contributed by atoms with Crippen LogP contribution in [0.4, 0.5) is 0 Å². The molecule has 2 aliphatic rings. The molecule has 1 aromatic heterocycles. The number of para-hydroxylation sites is 1. The Kier molecular flexibility index (Phi) is 4.02. The second-order valence-corrected chi connectivity index (χ2v) is 7.30. The highest BCUT2D eigenvalue weighted by atomic mass is 16.2. The Morgan fingerprint density at radius 3 is 2.36 bits per heavy atom. The number of hydrogen-bond acceptors (Lipinski definition) is 2. The molecule has 0 radical (unpaired) electrons. The minimum absolute atomic E-state index is 0.165. The third-order valence-electron chi connectivity index (χ3n) is 5.73. The quantitative estimate of drug-likeness (QED) is 0.860. The molecule has 0 spiro atoms. The molecule has 2 amide bonds. The van der Waals surface area contributed by atoms with Gasteiger partial charge in [0, 0.05) is 55.7 Å². The van der Waals surface area contributed by atoms with Crippen LogP contribution in [0.1, 0.15) is 24.1 Å². The zero-order valence-corrected chi connectivity index (χ0v) is 15.0. The Morgan fingerprint density at radius 1 is 1.04 bits per heavy atom. The molecule has 5 heteroatoms. The van der Waals surface area contributed by atoms with Crippen LogP contribution in [0.15, 0.2) is 24.3 Å². The first-order chi connectivity index (χ1) is 12.1. The Hall–Kier alpha value is -2.30. The van der Waals surface area contributed by atoms with Crippen molar-refractivity contribution < 1.29 is 9.59 Å². The molecule has 0 bridgehead atoms. The van der Waals surface area contributed by atoms with Crippen molar-refractivity contribution in [2.45, 2.75) is 26.2 Å². The standard InChI is InChI=1S/C20H25N3O2/c1-14-17(16-5-3-4-6-18(16)21(14)2)13-19(24)22-9-11-23(12-10-22)20(25)15-7-8-15/h3-6,15H,7-13H2,1-2H3. The summed E-state index contributed by atoms with van der Waals surface area (Å²) in [6.45, 7) is 4.74. The summed E-state index contributed by atoms with van der Waals surface area (Å²) in [4.78, 5) is 28.8. The molecular weight excluding hydrogens is 314 g/mol. The topological polar surface area (TPSA) is 45.6 Å². The third-order valence-corrected chi connectivity index (χ3v) is 5.73. The van der Waals surface area contributed by atoms with Crippen LogP contribution >= 0.6 is 0 Å². The summed E-state index contributed by atoms with van der Waals surface area (Å²) in [6, 6.07) is 8.25. The number of benzene rings is 1. The Balaban J connectivity index is 1.45. The Labute approximate surface area is 148 Å². The van der Waals surface area contributed by atoms with E-state index in [0.717, 1.165) is 24.1 Å². The van der Waals surface area contributed by atoms with E-state index in [9.17, 15) is 9.59 Å². The SMILES string of the molecule is Cc1c(CC(=O)N2CCN(C(=O)C3CC3)CC2)c2ccccc2n1C. The Morgan fingerprint density at radius 2 is 1.68 bits per heavy atom. The van der Waals surface area contributed by atoms with Gasteiger partial charge in [0.2, 0.25) is 11.8 Å². The molecule has 0 atom stereocenters. The number of nitrogens with zero attached hydrogens (tertiary/aromatic N) is 3. The zero-order chi connectivity index (χ0) is 17.6. The first-order valence-electron chi connectivity index (χ1n) is 9.15. The van der Waals surface area contributed by atoms with Crippen LogP contribution in [-0.2, 0) is 23.1 Å². The molecule has 2 fully saturated rings. The van der Waals surface area contributed by atoms with E-state index >= 15 is 0 Å². The van der Waals surface area contributed by atoms with E-state index in [0.29, 0.717) is 32.6 Å². The van der Waals surface area contributed by atoms with Crippen LogP contribution in [0.5, 0.6) is 0 Å². The van der Waals surface area contributed by atoms with Gasteiger partial charge in [-0.15, -0.1) is 0 Å². The van der Waals surface area contributed by atoms with Gasteiger partial charge in [0.05, 0.1) is 6.42 Å². The predicted octanol–water partition coefficient (Wildman–Crippen LogP) is 2.11. The summed E-state index contributed by atoms with van der Waals surface area (Å²) in [5, 5.41) is 1.17. The van der Waals surface area contributed by atoms with Crippen molar-refractivity contribution in [3.63, 3.8) is 0 Å². The van der Waals surface area contributed by atoms with Crippen LogP contribution in [0.2, 0.25) is 0 Å². The second kappa shape index (κ2) is 6.21. The summed E-state index contributed by atoms with van der Waals surface area (Å²) in [5.41, 5.74) is 3.44. The number of piperazine rings is 1. The van der Waals surface area contributed by atoms with Crippen molar-refractivity contribution in [2.75, 3.05) is 26.2 Å². The fourth-order valence-corrected chi connectivity index (χ4v) is 3.85. The number of carbonyl (C=O) groups excluding carboxylic acids is 2. The minimum Gasteiger partial charge on any atom is -0.348 e. The van der Waals surface area contributed by atoms with E-state index in [1.54, 1.807) is 0 Å². The number of aryl methyl sites for hydroxylation is 1. The maximum atomic E-state index is 12.8. The van der Waals surface area contributed by atoms with Crippen LogP contribution in [-0.4, -0.2) is 52.4 Å².